The van der Waals surface area contributed by atoms with Gasteiger partial charge in [-0.15, -0.1) is 0 Å². The predicted molar refractivity (Wildman–Crippen MR) is 156 cm³/mol. The number of rotatable bonds is 14. The quantitative estimate of drug-likeness (QED) is 0.179. The average Bonchev–Trinajstić information content (AvgIpc) is 2.75. The molecule has 33 heavy (non-hydrogen) atoms. The largest absolute Gasteiger partial charge is 0.490 e. The summed E-state index contributed by atoms with van der Waals surface area (Å²) in [5.74, 6) is 1.56. The van der Waals surface area contributed by atoms with Crippen LogP contribution in [0.1, 0.15) is 25.0 Å². The molecule has 0 saturated carbocycles. The zero-order chi connectivity index (χ0) is 24.4. The van der Waals surface area contributed by atoms with Gasteiger partial charge in [0, 0.05) is 13.2 Å². The minimum atomic E-state index is 0.130. The molecular formula is C23H26Br6O4. The summed E-state index contributed by atoms with van der Waals surface area (Å²) in [6.07, 6.45) is 0.756. The number of hydrogen-bond acceptors (Lipinski definition) is 4. The lowest BCUT2D eigenvalue weighted by molar-refractivity contribution is 0.136. The van der Waals surface area contributed by atoms with Crippen molar-refractivity contribution in [1.29, 1.82) is 0 Å². The standard InChI is InChI=1S/C23H26Br6O4/c1-3-30-10-16(24)12-32-22-18(26)6-14(7-19(22)27)5-15-8-20(28)23(21(29)9-15)33-13-17(25)11-31-4-2/h6-9,16-17H,3-5,10-13H2,1-2H3. The van der Waals surface area contributed by atoms with Crippen molar-refractivity contribution in [3.63, 3.8) is 0 Å². The Morgan fingerprint density at radius 1 is 0.606 bits per heavy atom. The van der Waals surface area contributed by atoms with E-state index in [9.17, 15) is 0 Å². The summed E-state index contributed by atoms with van der Waals surface area (Å²) in [5.41, 5.74) is 2.30. The van der Waals surface area contributed by atoms with Crippen LogP contribution in [0.5, 0.6) is 11.5 Å². The second-order valence-electron chi connectivity index (χ2n) is 7.09. The van der Waals surface area contributed by atoms with Crippen LogP contribution < -0.4 is 9.47 Å². The van der Waals surface area contributed by atoms with E-state index in [1.807, 2.05) is 13.8 Å². The van der Waals surface area contributed by atoms with Gasteiger partial charge in [0.1, 0.15) is 24.7 Å². The third-order valence-electron chi connectivity index (χ3n) is 4.35. The van der Waals surface area contributed by atoms with Gasteiger partial charge in [-0.05, 0) is 119 Å². The number of hydrogen-bond donors (Lipinski definition) is 0. The van der Waals surface area contributed by atoms with Gasteiger partial charge >= 0.3 is 0 Å². The van der Waals surface area contributed by atoms with Gasteiger partial charge < -0.3 is 18.9 Å². The van der Waals surface area contributed by atoms with Crippen LogP contribution in [0.4, 0.5) is 0 Å². The van der Waals surface area contributed by atoms with Crippen LogP contribution in [0.15, 0.2) is 42.2 Å². The first-order valence-electron chi connectivity index (χ1n) is 10.4. The van der Waals surface area contributed by atoms with Crippen molar-refractivity contribution in [3.05, 3.63) is 53.3 Å². The third kappa shape index (κ3) is 10.4. The average molecular weight is 846 g/mol. The summed E-state index contributed by atoms with van der Waals surface area (Å²) >= 11 is 21.8. The number of benzene rings is 2. The molecule has 0 aliphatic heterocycles. The molecular weight excluding hydrogens is 820 g/mol. The summed E-state index contributed by atoms with van der Waals surface area (Å²) in [4.78, 5) is 0.260. The third-order valence-corrected chi connectivity index (χ3v) is 7.76. The molecule has 0 aliphatic rings. The van der Waals surface area contributed by atoms with Crippen molar-refractivity contribution in [2.75, 3.05) is 39.6 Å². The molecule has 2 unspecified atom stereocenters. The minimum absolute atomic E-state index is 0.130. The first-order valence-corrected chi connectivity index (χ1v) is 15.4. The van der Waals surface area contributed by atoms with Crippen LogP contribution in [0, 0.1) is 0 Å². The van der Waals surface area contributed by atoms with E-state index < -0.39 is 0 Å². The molecule has 0 fully saturated rings. The molecule has 0 saturated heterocycles. The molecule has 0 heterocycles. The zero-order valence-electron chi connectivity index (χ0n) is 18.3. The highest BCUT2D eigenvalue weighted by molar-refractivity contribution is 9.11. The lowest BCUT2D eigenvalue weighted by Crippen LogP contribution is -2.18. The van der Waals surface area contributed by atoms with Crippen LogP contribution in [0.3, 0.4) is 0 Å². The molecule has 0 N–H and O–H groups in total. The first-order chi connectivity index (χ1) is 15.7. The maximum atomic E-state index is 5.99. The van der Waals surface area contributed by atoms with Crippen LogP contribution in [-0.4, -0.2) is 49.3 Å². The summed E-state index contributed by atoms with van der Waals surface area (Å²) < 4.78 is 26.4. The van der Waals surface area contributed by atoms with E-state index in [0.29, 0.717) is 39.6 Å². The zero-order valence-corrected chi connectivity index (χ0v) is 27.8. The fraction of sp³-hybridized carbons (Fsp3) is 0.478. The molecule has 0 spiro atoms. The van der Waals surface area contributed by atoms with Gasteiger partial charge in [-0.3, -0.25) is 0 Å². The molecule has 0 radical (unpaired) electrons. The molecule has 184 valence electrons. The van der Waals surface area contributed by atoms with E-state index in [1.54, 1.807) is 0 Å². The Kier molecular flexibility index (Phi) is 14.4. The van der Waals surface area contributed by atoms with E-state index in [4.69, 9.17) is 18.9 Å². The smallest absolute Gasteiger partial charge is 0.147 e. The fourth-order valence-corrected chi connectivity index (χ4v) is 6.53. The fourth-order valence-electron chi connectivity index (χ4n) is 2.88. The Morgan fingerprint density at radius 3 is 1.24 bits per heavy atom. The molecule has 0 aliphatic carbocycles. The molecule has 4 nitrogen and oxygen atoms in total. The van der Waals surface area contributed by atoms with Crippen LogP contribution in [0.2, 0.25) is 0 Å². The molecule has 2 aromatic rings. The topological polar surface area (TPSA) is 36.9 Å². The van der Waals surface area contributed by atoms with Gasteiger partial charge in [0.25, 0.3) is 0 Å². The summed E-state index contributed by atoms with van der Waals surface area (Å²) in [6.45, 7) is 7.57. The van der Waals surface area contributed by atoms with Gasteiger partial charge in [0.2, 0.25) is 0 Å². The van der Waals surface area contributed by atoms with E-state index in [1.165, 1.54) is 0 Å². The lowest BCUT2D eigenvalue weighted by Gasteiger charge is -2.16. The SMILES string of the molecule is CCOCC(Br)COc1c(Br)cc(Cc2cc(Br)c(OCC(Br)COCC)c(Br)c2)cc1Br. The molecule has 2 aromatic carbocycles. The van der Waals surface area contributed by atoms with Crippen molar-refractivity contribution in [2.24, 2.45) is 0 Å². The highest BCUT2D eigenvalue weighted by atomic mass is 79.9. The first kappa shape index (κ1) is 30.1. The Balaban J connectivity index is 2.05. The van der Waals surface area contributed by atoms with Gasteiger partial charge in [0.15, 0.2) is 0 Å². The van der Waals surface area contributed by atoms with E-state index in [-0.39, 0.29) is 9.65 Å². The number of halogens is 6. The monoisotopic (exact) mass is 840 g/mol. The Bertz CT molecular complexity index is 778. The molecule has 2 atom stereocenters. The van der Waals surface area contributed by atoms with Gasteiger partial charge in [0.05, 0.1) is 40.8 Å². The van der Waals surface area contributed by atoms with Crippen LogP contribution in [-0.2, 0) is 15.9 Å². The Labute approximate surface area is 246 Å². The number of ether oxygens (including phenoxy) is 4. The van der Waals surface area contributed by atoms with Crippen molar-refractivity contribution in [3.8, 4) is 11.5 Å². The van der Waals surface area contributed by atoms with Gasteiger partial charge in [-0.2, -0.15) is 0 Å². The Morgan fingerprint density at radius 2 is 0.939 bits per heavy atom. The van der Waals surface area contributed by atoms with E-state index in [0.717, 1.165) is 46.9 Å². The van der Waals surface area contributed by atoms with Crippen molar-refractivity contribution >= 4 is 95.6 Å². The van der Waals surface area contributed by atoms with Crippen LogP contribution in [0.25, 0.3) is 0 Å². The predicted octanol–water partition coefficient (Wildman–Crippen LogP) is 8.69. The van der Waals surface area contributed by atoms with Crippen molar-refractivity contribution in [1.82, 2.24) is 0 Å². The minimum Gasteiger partial charge on any atom is -0.490 e. The maximum absolute atomic E-state index is 5.99. The van der Waals surface area contributed by atoms with Crippen LogP contribution >= 0.6 is 95.6 Å². The molecule has 0 amide bonds. The lowest BCUT2D eigenvalue weighted by atomic mass is 10.0. The highest BCUT2D eigenvalue weighted by Gasteiger charge is 2.15. The molecule has 2 rings (SSSR count). The molecule has 0 aromatic heterocycles. The Hall–Kier alpha value is 0.840. The van der Waals surface area contributed by atoms with Crippen molar-refractivity contribution < 1.29 is 18.9 Å². The highest BCUT2D eigenvalue weighted by Crippen LogP contribution is 2.38. The van der Waals surface area contributed by atoms with Crippen molar-refractivity contribution in [2.45, 2.75) is 29.9 Å². The summed E-state index contributed by atoms with van der Waals surface area (Å²) in [6, 6.07) is 8.34. The van der Waals surface area contributed by atoms with Gasteiger partial charge in [-0.1, -0.05) is 31.9 Å². The second-order valence-corrected chi connectivity index (χ2v) is 13.1. The summed E-state index contributed by atoms with van der Waals surface area (Å²) in [7, 11) is 0. The van der Waals surface area contributed by atoms with E-state index in [2.05, 4.69) is 120 Å². The van der Waals surface area contributed by atoms with Gasteiger partial charge in [-0.25, -0.2) is 0 Å². The summed E-state index contributed by atoms with van der Waals surface area (Å²) in [5, 5.41) is 0. The maximum Gasteiger partial charge on any atom is 0.147 e. The number of alkyl halides is 2. The van der Waals surface area contributed by atoms with E-state index >= 15 is 0 Å². The molecule has 0 bridgehead atoms. The normalized spacial score (nSPS) is 13.1. The second kappa shape index (κ2) is 15.8. The molecule has 10 heteroatoms.